The van der Waals surface area contributed by atoms with Crippen molar-refractivity contribution in [2.75, 3.05) is 25.4 Å². The molecule has 10 heteroatoms. The van der Waals surface area contributed by atoms with Gasteiger partial charge in [-0.25, -0.2) is 4.98 Å². The number of amides is 1. The molecule has 0 saturated carbocycles. The number of fused-ring (bicyclic) bond motifs is 1. The first kappa shape index (κ1) is 24.6. The van der Waals surface area contributed by atoms with Gasteiger partial charge in [-0.2, -0.15) is 0 Å². The third-order valence-electron chi connectivity index (χ3n) is 5.70. The highest BCUT2D eigenvalue weighted by Crippen LogP contribution is 2.28. The summed E-state index contributed by atoms with van der Waals surface area (Å²) in [6.07, 6.45) is 1.16. The number of carbonyl (C=O) groups is 2. The van der Waals surface area contributed by atoms with Crippen molar-refractivity contribution in [2.45, 2.75) is 24.9 Å². The van der Waals surface area contributed by atoms with E-state index in [1.807, 2.05) is 6.07 Å². The minimum atomic E-state index is -0.255. The maximum atomic E-state index is 13.3. The molecule has 1 fully saturated rings. The quantitative estimate of drug-likeness (QED) is 0.269. The molecule has 3 aromatic rings. The van der Waals surface area contributed by atoms with Crippen LogP contribution in [0.4, 0.5) is 0 Å². The molecule has 1 saturated heterocycles. The summed E-state index contributed by atoms with van der Waals surface area (Å²) >= 11 is 13.5. The van der Waals surface area contributed by atoms with E-state index in [1.165, 1.54) is 16.3 Å². The molecule has 34 heavy (non-hydrogen) atoms. The molecule has 0 atom stereocenters. The Labute approximate surface area is 211 Å². The standard InChI is InChI=1S/C24H23Cl2N3O4S/c1-2-33-23(32)15-9-11-28(12-10-15)21(30)14-34-24-27-20-6-4-3-5-17(20)22(31)29(24)16-7-8-18(25)19(26)13-16/h3-8,13,15H,2,9-12,14H2,1H3. The van der Waals surface area contributed by atoms with Gasteiger partial charge in [0, 0.05) is 13.1 Å². The lowest BCUT2D eigenvalue weighted by atomic mass is 9.97. The van der Waals surface area contributed by atoms with Crippen LogP contribution in [0.2, 0.25) is 10.0 Å². The third kappa shape index (κ3) is 5.24. The van der Waals surface area contributed by atoms with Gasteiger partial charge in [-0.05, 0) is 50.1 Å². The van der Waals surface area contributed by atoms with E-state index in [0.717, 1.165) is 0 Å². The highest BCUT2D eigenvalue weighted by atomic mass is 35.5. The highest BCUT2D eigenvalue weighted by Gasteiger charge is 2.28. The summed E-state index contributed by atoms with van der Waals surface area (Å²) in [5.74, 6) is -0.333. The van der Waals surface area contributed by atoms with E-state index in [4.69, 9.17) is 27.9 Å². The number of benzene rings is 2. The van der Waals surface area contributed by atoms with Crippen molar-refractivity contribution in [2.24, 2.45) is 5.92 Å². The Balaban J connectivity index is 1.56. The fourth-order valence-corrected chi connectivity index (χ4v) is 5.11. The first-order chi connectivity index (χ1) is 16.4. The predicted octanol–water partition coefficient (Wildman–Crippen LogP) is 4.59. The molecule has 1 amide bonds. The van der Waals surface area contributed by atoms with Crippen molar-refractivity contribution in [3.05, 3.63) is 62.9 Å². The molecule has 0 unspecified atom stereocenters. The summed E-state index contributed by atoms with van der Waals surface area (Å²) in [5.41, 5.74) is 0.811. The van der Waals surface area contributed by atoms with Crippen molar-refractivity contribution in [1.29, 1.82) is 0 Å². The number of carbonyl (C=O) groups excluding carboxylic acids is 2. The lowest BCUT2D eigenvalue weighted by molar-refractivity contribution is -0.151. The Morgan fingerprint density at radius 3 is 2.56 bits per heavy atom. The summed E-state index contributed by atoms with van der Waals surface area (Å²) < 4.78 is 6.55. The van der Waals surface area contributed by atoms with Crippen LogP contribution in [0.25, 0.3) is 16.6 Å². The number of esters is 1. The zero-order valence-corrected chi connectivity index (χ0v) is 20.8. The third-order valence-corrected chi connectivity index (χ3v) is 7.36. The van der Waals surface area contributed by atoms with E-state index in [1.54, 1.807) is 48.2 Å². The number of hydrogen-bond donors (Lipinski definition) is 0. The molecule has 0 radical (unpaired) electrons. The Morgan fingerprint density at radius 2 is 1.85 bits per heavy atom. The van der Waals surface area contributed by atoms with E-state index in [-0.39, 0.29) is 29.1 Å². The van der Waals surface area contributed by atoms with E-state index in [0.29, 0.717) is 64.3 Å². The van der Waals surface area contributed by atoms with Crippen LogP contribution in [0.3, 0.4) is 0 Å². The van der Waals surface area contributed by atoms with Crippen molar-refractivity contribution in [3.8, 4) is 5.69 Å². The van der Waals surface area contributed by atoms with Crippen LogP contribution in [0.15, 0.2) is 52.4 Å². The molecule has 0 spiro atoms. The fourth-order valence-electron chi connectivity index (χ4n) is 3.90. The molecule has 178 valence electrons. The average molecular weight is 520 g/mol. The van der Waals surface area contributed by atoms with Gasteiger partial charge in [-0.3, -0.25) is 19.0 Å². The highest BCUT2D eigenvalue weighted by molar-refractivity contribution is 7.99. The molecular formula is C24H23Cl2N3O4S. The van der Waals surface area contributed by atoms with Crippen molar-refractivity contribution < 1.29 is 14.3 Å². The summed E-state index contributed by atoms with van der Waals surface area (Å²) in [6, 6.07) is 12.0. The van der Waals surface area contributed by atoms with E-state index in [9.17, 15) is 14.4 Å². The molecule has 0 N–H and O–H groups in total. The van der Waals surface area contributed by atoms with Crippen molar-refractivity contribution >= 4 is 57.7 Å². The van der Waals surface area contributed by atoms with Gasteiger partial charge >= 0.3 is 5.97 Å². The second-order valence-electron chi connectivity index (χ2n) is 7.85. The van der Waals surface area contributed by atoms with Gasteiger partial charge in [0.25, 0.3) is 5.56 Å². The number of likely N-dealkylation sites (tertiary alicyclic amines) is 1. The smallest absolute Gasteiger partial charge is 0.309 e. The van der Waals surface area contributed by atoms with Crippen LogP contribution in [0, 0.1) is 5.92 Å². The number of rotatable bonds is 6. The molecule has 1 aliphatic rings. The Hall–Kier alpha value is -2.55. The Morgan fingerprint density at radius 1 is 1.12 bits per heavy atom. The number of ether oxygens (including phenoxy) is 1. The number of para-hydroxylation sites is 1. The van der Waals surface area contributed by atoms with Gasteiger partial charge in [0.2, 0.25) is 5.91 Å². The summed E-state index contributed by atoms with van der Waals surface area (Å²) in [7, 11) is 0. The monoisotopic (exact) mass is 519 g/mol. The summed E-state index contributed by atoms with van der Waals surface area (Å²) in [4.78, 5) is 44.6. The molecule has 0 bridgehead atoms. The van der Waals surface area contributed by atoms with Gasteiger partial charge in [0.05, 0.1) is 44.9 Å². The molecule has 0 aliphatic carbocycles. The first-order valence-corrected chi connectivity index (χ1v) is 12.7. The molecular weight excluding hydrogens is 497 g/mol. The van der Waals surface area contributed by atoms with Crippen LogP contribution in [0.5, 0.6) is 0 Å². The fraction of sp³-hybridized carbons (Fsp3) is 0.333. The summed E-state index contributed by atoms with van der Waals surface area (Å²) in [5, 5.41) is 1.54. The van der Waals surface area contributed by atoms with E-state index >= 15 is 0 Å². The van der Waals surface area contributed by atoms with Crippen LogP contribution >= 0.6 is 35.0 Å². The molecule has 2 aromatic carbocycles. The second-order valence-corrected chi connectivity index (χ2v) is 9.60. The largest absolute Gasteiger partial charge is 0.466 e. The lowest BCUT2D eigenvalue weighted by Gasteiger charge is -2.30. The van der Waals surface area contributed by atoms with Gasteiger partial charge in [0.1, 0.15) is 0 Å². The number of aromatic nitrogens is 2. The zero-order valence-electron chi connectivity index (χ0n) is 18.5. The van der Waals surface area contributed by atoms with Crippen LogP contribution < -0.4 is 5.56 Å². The molecule has 1 aliphatic heterocycles. The first-order valence-electron chi connectivity index (χ1n) is 10.9. The maximum absolute atomic E-state index is 13.3. The second kappa shape index (κ2) is 10.8. The average Bonchev–Trinajstić information content (AvgIpc) is 2.85. The number of nitrogens with zero attached hydrogens (tertiary/aromatic N) is 3. The van der Waals surface area contributed by atoms with Crippen LogP contribution in [-0.2, 0) is 14.3 Å². The Kier molecular flexibility index (Phi) is 7.80. The van der Waals surface area contributed by atoms with Crippen LogP contribution in [0.1, 0.15) is 19.8 Å². The number of piperidine rings is 1. The van der Waals surface area contributed by atoms with Gasteiger partial charge in [0.15, 0.2) is 5.16 Å². The van der Waals surface area contributed by atoms with Gasteiger partial charge < -0.3 is 9.64 Å². The van der Waals surface area contributed by atoms with Crippen molar-refractivity contribution in [1.82, 2.24) is 14.5 Å². The van der Waals surface area contributed by atoms with Crippen LogP contribution in [-0.4, -0.2) is 51.8 Å². The topological polar surface area (TPSA) is 81.5 Å². The minimum absolute atomic E-state index is 0.0737. The normalized spacial score (nSPS) is 14.4. The zero-order chi connectivity index (χ0) is 24.2. The molecule has 4 rings (SSSR count). The molecule has 7 nitrogen and oxygen atoms in total. The summed E-state index contributed by atoms with van der Waals surface area (Å²) in [6.45, 7) is 3.13. The van der Waals surface area contributed by atoms with E-state index < -0.39 is 0 Å². The SMILES string of the molecule is CCOC(=O)C1CCN(C(=O)CSc2nc3ccccc3c(=O)n2-c2ccc(Cl)c(Cl)c2)CC1. The minimum Gasteiger partial charge on any atom is -0.466 e. The Bertz CT molecular complexity index is 1290. The maximum Gasteiger partial charge on any atom is 0.309 e. The number of thioether (sulfide) groups is 1. The van der Waals surface area contributed by atoms with Gasteiger partial charge in [-0.1, -0.05) is 47.1 Å². The van der Waals surface area contributed by atoms with Gasteiger partial charge in [-0.15, -0.1) is 0 Å². The molecule has 2 heterocycles. The lowest BCUT2D eigenvalue weighted by Crippen LogP contribution is -2.41. The predicted molar refractivity (Wildman–Crippen MR) is 134 cm³/mol. The number of hydrogen-bond acceptors (Lipinski definition) is 6. The molecule has 1 aromatic heterocycles. The van der Waals surface area contributed by atoms with Crippen molar-refractivity contribution in [3.63, 3.8) is 0 Å². The van der Waals surface area contributed by atoms with E-state index in [2.05, 4.69) is 4.98 Å². The number of halogens is 2.